The minimum Gasteiger partial charge on any atom is -0.399 e. The molecule has 1 fully saturated rings. The number of ketones is 1. The van der Waals surface area contributed by atoms with Crippen LogP contribution in [0, 0.1) is 0 Å². The summed E-state index contributed by atoms with van der Waals surface area (Å²) >= 11 is 5.91. The van der Waals surface area contributed by atoms with Crippen LogP contribution in [-0.4, -0.2) is 29.1 Å². The third-order valence-electron chi connectivity index (χ3n) is 4.87. The molecule has 0 radical (unpaired) electrons. The first-order valence-corrected chi connectivity index (χ1v) is 8.64. The molecule has 0 saturated carbocycles. The highest BCUT2D eigenvalue weighted by molar-refractivity contribution is 6.62. The van der Waals surface area contributed by atoms with E-state index in [0.717, 1.165) is 11.0 Å². The molecule has 1 aromatic carbocycles. The van der Waals surface area contributed by atoms with Gasteiger partial charge in [0, 0.05) is 24.4 Å². The minimum atomic E-state index is -0.437. The molecule has 130 valence electrons. The molecule has 6 heteroatoms. The number of rotatable bonds is 4. The zero-order valence-corrected chi connectivity index (χ0v) is 15.6. The van der Waals surface area contributed by atoms with E-state index in [2.05, 4.69) is 4.98 Å². The van der Waals surface area contributed by atoms with Gasteiger partial charge in [-0.2, -0.15) is 0 Å². The number of Topliss-reactive ketones (excluding diaryl/α,β-unsaturated/α-hetero) is 1. The highest BCUT2D eigenvalue weighted by atomic mass is 35.5. The van der Waals surface area contributed by atoms with E-state index in [9.17, 15) is 4.79 Å². The summed E-state index contributed by atoms with van der Waals surface area (Å²) in [5, 5.41) is 0.455. The van der Waals surface area contributed by atoms with E-state index >= 15 is 0 Å². The Bertz CT molecular complexity index is 791. The molecule has 25 heavy (non-hydrogen) atoms. The molecule has 3 rings (SSSR count). The lowest BCUT2D eigenvalue weighted by Crippen LogP contribution is -2.41. The zero-order valence-electron chi connectivity index (χ0n) is 14.9. The Kier molecular flexibility index (Phi) is 4.75. The zero-order chi connectivity index (χ0) is 18.2. The van der Waals surface area contributed by atoms with E-state index in [4.69, 9.17) is 20.9 Å². The topological polar surface area (TPSA) is 48.4 Å². The Hall–Kier alpha value is -1.69. The second-order valence-electron chi connectivity index (χ2n) is 7.33. The number of carbonyl (C=O) groups excluding carboxylic acids is 1. The number of aromatic nitrogens is 1. The Morgan fingerprint density at radius 2 is 1.80 bits per heavy atom. The van der Waals surface area contributed by atoms with Crippen molar-refractivity contribution in [3.05, 3.63) is 58.9 Å². The molecular formula is C19H21BClNO3. The van der Waals surface area contributed by atoms with Gasteiger partial charge in [0.15, 0.2) is 5.78 Å². The summed E-state index contributed by atoms with van der Waals surface area (Å²) in [7, 11) is -0.437. The van der Waals surface area contributed by atoms with Crippen molar-refractivity contribution in [1.82, 2.24) is 4.98 Å². The van der Waals surface area contributed by atoms with E-state index in [1.165, 1.54) is 12.4 Å². The molecule has 0 amide bonds. The predicted molar refractivity (Wildman–Crippen MR) is 99.4 cm³/mol. The summed E-state index contributed by atoms with van der Waals surface area (Å²) in [6.07, 6.45) is 3.32. The maximum Gasteiger partial charge on any atom is 0.494 e. The Morgan fingerprint density at radius 1 is 1.12 bits per heavy atom. The molecule has 0 spiro atoms. The van der Waals surface area contributed by atoms with Crippen LogP contribution >= 0.6 is 11.6 Å². The molecule has 1 aliphatic heterocycles. The first kappa shape index (κ1) is 18.1. The van der Waals surface area contributed by atoms with Crippen molar-refractivity contribution in [2.24, 2.45) is 0 Å². The number of halogens is 1. The lowest BCUT2D eigenvalue weighted by atomic mass is 9.78. The van der Waals surface area contributed by atoms with E-state index < -0.39 is 18.3 Å². The van der Waals surface area contributed by atoms with Crippen molar-refractivity contribution in [3.63, 3.8) is 0 Å². The van der Waals surface area contributed by atoms with Gasteiger partial charge >= 0.3 is 7.12 Å². The van der Waals surface area contributed by atoms with Gasteiger partial charge in [0.05, 0.1) is 16.2 Å². The molecule has 4 nitrogen and oxygen atoms in total. The normalized spacial score (nSPS) is 18.4. The average molecular weight is 358 g/mol. The summed E-state index contributed by atoms with van der Waals surface area (Å²) in [4.78, 5) is 16.4. The van der Waals surface area contributed by atoms with Gasteiger partial charge in [0.1, 0.15) is 0 Å². The second-order valence-corrected chi connectivity index (χ2v) is 7.76. The summed E-state index contributed by atoms with van der Waals surface area (Å²) in [6.45, 7) is 8.08. The molecule has 1 aromatic heterocycles. The highest BCUT2D eigenvalue weighted by Crippen LogP contribution is 2.36. The number of hydrogen-bond acceptors (Lipinski definition) is 4. The number of pyridine rings is 1. The van der Waals surface area contributed by atoms with Crippen LogP contribution in [0.1, 0.15) is 43.6 Å². The Balaban J connectivity index is 1.78. The molecule has 2 heterocycles. The van der Waals surface area contributed by atoms with Crippen LogP contribution in [0.25, 0.3) is 0 Å². The smallest absolute Gasteiger partial charge is 0.399 e. The SMILES string of the molecule is CC1(C)OB(c2cccc(CC(=O)c3cncc(Cl)c3)c2)OC1(C)C. The number of carbonyl (C=O) groups is 1. The van der Waals surface area contributed by atoms with Crippen LogP contribution < -0.4 is 5.46 Å². The largest absolute Gasteiger partial charge is 0.494 e. The molecule has 1 saturated heterocycles. The van der Waals surface area contributed by atoms with E-state index in [-0.39, 0.29) is 12.2 Å². The maximum absolute atomic E-state index is 12.4. The maximum atomic E-state index is 12.4. The first-order chi connectivity index (χ1) is 11.7. The Morgan fingerprint density at radius 3 is 2.44 bits per heavy atom. The number of nitrogens with zero attached hydrogens (tertiary/aromatic N) is 1. The lowest BCUT2D eigenvalue weighted by Gasteiger charge is -2.32. The second kappa shape index (κ2) is 6.56. The van der Waals surface area contributed by atoms with E-state index in [1.54, 1.807) is 6.07 Å². The third-order valence-corrected chi connectivity index (χ3v) is 5.07. The molecule has 0 unspecified atom stereocenters. The average Bonchev–Trinajstić information content (AvgIpc) is 2.76. The molecule has 0 aliphatic carbocycles. The van der Waals surface area contributed by atoms with E-state index in [0.29, 0.717) is 10.6 Å². The van der Waals surface area contributed by atoms with Gasteiger partial charge in [-0.3, -0.25) is 9.78 Å². The number of hydrogen-bond donors (Lipinski definition) is 0. The molecule has 2 aromatic rings. The monoisotopic (exact) mass is 357 g/mol. The fourth-order valence-electron chi connectivity index (χ4n) is 2.68. The van der Waals surface area contributed by atoms with Gasteiger partial charge in [-0.05, 0) is 44.8 Å². The van der Waals surface area contributed by atoms with Crippen molar-refractivity contribution < 1.29 is 14.1 Å². The lowest BCUT2D eigenvalue weighted by molar-refractivity contribution is 0.00578. The third kappa shape index (κ3) is 3.79. The number of benzene rings is 1. The van der Waals surface area contributed by atoms with Gasteiger partial charge in [-0.15, -0.1) is 0 Å². The minimum absolute atomic E-state index is 0.0268. The Labute approximate surface area is 153 Å². The predicted octanol–water partition coefficient (Wildman–Crippen LogP) is 3.46. The highest BCUT2D eigenvalue weighted by Gasteiger charge is 2.51. The van der Waals surface area contributed by atoms with Crippen molar-refractivity contribution in [1.29, 1.82) is 0 Å². The summed E-state index contributed by atoms with van der Waals surface area (Å²) in [6, 6.07) is 9.38. The van der Waals surface area contributed by atoms with Crippen LogP contribution in [0.4, 0.5) is 0 Å². The molecule has 0 N–H and O–H groups in total. The van der Waals surface area contributed by atoms with Gasteiger partial charge in [0.25, 0.3) is 0 Å². The van der Waals surface area contributed by atoms with Crippen molar-refractivity contribution >= 4 is 30.0 Å². The van der Waals surface area contributed by atoms with E-state index in [1.807, 2.05) is 52.0 Å². The molecular weight excluding hydrogens is 336 g/mol. The summed E-state index contributed by atoms with van der Waals surface area (Å²) in [5.41, 5.74) is 1.53. The van der Waals surface area contributed by atoms with Crippen molar-refractivity contribution in [2.75, 3.05) is 0 Å². The summed E-state index contributed by atoms with van der Waals surface area (Å²) < 4.78 is 12.2. The fraction of sp³-hybridized carbons (Fsp3) is 0.368. The first-order valence-electron chi connectivity index (χ1n) is 8.26. The van der Waals surface area contributed by atoms with Crippen LogP contribution in [-0.2, 0) is 15.7 Å². The molecule has 0 bridgehead atoms. The van der Waals surface area contributed by atoms with Crippen LogP contribution in [0.15, 0.2) is 42.7 Å². The molecule has 1 aliphatic rings. The van der Waals surface area contributed by atoms with Crippen molar-refractivity contribution in [3.8, 4) is 0 Å². The van der Waals surface area contributed by atoms with Gasteiger partial charge in [-0.1, -0.05) is 35.9 Å². The molecule has 0 atom stereocenters. The fourth-order valence-corrected chi connectivity index (χ4v) is 2.85. The van der Waals surface area contributed by atoms with Gasteiger partial charge in [0.2, 0.25) is 0 Å². The van der Waals surface area contributed by atoms with Crippen LogP contribution in [0.5, 0.6) is 0 Å². The van der Waals surface area contributed by atoms with Gasteiger partial charge in [-0.25, -0.2) is 0 Å². The van der Waals surface area contributed by atoms with Crippen LogP contribution in [0.2, 0.25) is 5.02 Å². The van der Waals surface area contributed by atoms with Crippen molar-refractivity contribution in [2.45, 2.75) is 45.3 Å². The standard InChI is InChI=1S/C19H21BClNO3/c1-18(2)19(3,4)25-20(24-18)15-7-5-6-13(8-15)9-17(23)14-10-16(21)12-22-11-14/h5-8,10-12H,9H2,1-4H3. The van der Waals surface area contributed by atoms with Crippen LogP contribution in [0.3, 0.4) is 0 Å². The summed E-state index contributed by atoms with van der Waals surface area (Å²) in [5.74, 6) is -0.0268. The van der Waals surface area contributed by atoms with Gasteiger partial charge < -0.3 is 9.31 Å². The quantitative estimate of drug-likeness (QED) is 0.621.